The fourth-order valence-electron chi connectivity index (χ4n) is 3.25. The molecular formula is C23H22N2O7. The number of ketones is 1. The first-order valence-corrected chi connectivity index (χ1v) is 9.71. The van der Waals surface area contributed by atoms with Crippen molar-refractivity contribution in [3.63, 3.8) is 0 Å². The highest BCUT2D eigenvalue weighted by molar-refractivity contribution is 6.08. The van der Waals surface area contributed by atoms with Gasteiger partial charge < -0.3 is 24.2 Å². The molecule has 0 aliphatic rings. The van der Waals surface area contributed by atoms with Crippen molar-refractivity contribution in [2.45, 2.75) is 26.9 Å². The minimum atomic E-state index is -1.15. The third-order valence-corrected chi connectivity index (χ3v) is 4.87. The number of aromatic amines is 1. The molecule has 0 spiro atoms. The fraction of sp³-hybridized carbons (Fsp3) is 0.217. The number of para-hydroxylation sites is 1. The highest BCUT2D eigenvalue weighted by atomic mass is 16.5. The molecule has 2 heterocycles. The van der Waals surface area contributed by atoms with Gasteiger partial charge in [0.05, 0.1) is 35.9 Å². The highest BCUT2D eigenvalue weighted by Crippen LogP contribution is 2.22. The second-order valence-corrected chi connectivity index (χ2v) is 7.01. The quantitative estimate of drug-likeness (QED) is 0.425. The Morgan fingerprint density at radius 3 is 2.41 bits per heavy atom. The lowest BCUT2D eigenvalue weighted by Gasteiger charge is -2.14. The van der Waals surface area contributed by atoms with E-state index in [0.29, 0.717) is 11.3 Å². The summed E-state index contributed by atoms with van der Waals surface area (Å²) in [5.41, 5.74) is 1.58. The van der Waals surface area contributed by atoms with Crippen molar-refractivity contribution in [1.82, 2.24) is 4.98 Å². The molecule has 0 saturated carbocycles. The second kappa shape index (κ2) is 9.34. The number of carbonyl (C=O) groups is 4. The molecule has 0 radical (unpaired) electrons. The van der Waals surface area contributed by atoms with E-state index in [1.807, 2.05) is 0 Å². The zero-order chi connectivity index (χ0) is 23.4. The molecular weight excluding hydrogens is 416 g/mol. The second-order valence-electron chi connectivity index (χ2n) is 7.01. The molecule has 2 aromatic heterocycles. The summed E-state index contributed by atoms with van der Waals surface area (Å²) in [5.74, 6) is -2.33. The first-order chi connectivity index (χ1) is 15.2. The fourth-order valence-corrected chi connectivity index (χ4v) is 3.25. The topological polar surface area (TPSA) is 128 Å². The van der Waals surface area contributed by atoms with Crippen LogP contribution in [0.2, 0.25) is 0 Å². The van der Waals surface area contributed by atoms with Crippen LogP contribution in [0.5, 0.6) is 0 Å². The van der Waals surface area contributed by atoms with Crippen molar-refractivity contribution in [3.8, 4) is 0 Å². The van der Waals surface area contributed by atoms with Crippen LogP contribution in [-0.4, -0.2) is 41.8 Å². The number of benzene rings is 1. The molecule has 1 atom stereocenters. The van der Waals surface area contributed by atoms with Crippen LogP contribution in [0.25, 0.3) is 0 Å². The highest BCUT2D eigenvalue weighted by Gasteiger charge is 2.28. The molecule has 3 aromatic rings. The number of rotatable bonds is 7. The van der Waals surface area contributed by atoms with Crippen LogP contribution in [0, 0.1) is 13.8 Å². The van der Waals surface area contributed by atoms with Crippen LogP contribution in [0.3, 0.4) is 0 Å². The summed E-state index contributed by atoms with van der Waals surface area (Å²) in [7, 11) is 1.25. The van der Waals surface area contributed by atoms with E-state index >= 15 is 0 Å². The number of hydrogen-bond acceptors (Lipinski definition) is 7. The number of aromatic nitrogens is 1. The number of hydrogen-bond donors (Lipinski definition) is 2. The lowest BCUT2D eigenvalue weighted by molar-refractivity contribution is 0.0317. The Hall–Kier alpha value is -4.14. The predicted octanol–water partition coefficient (Wildman–Crippen LogP) is 3.69. The summed E-state index contributed by atoms with van der Waals surface area (Å²) in [4.78, 5) is 52.7. The van der Waals surface area contributed by atoms with Crippen LogP contribution in [-0.2, 0) is 9.47 Å². The van der Waals surface area contributed by atoms with Crippen molar-refractivity contribution in [2.75, 3.05) is 12.4 Å². The van der Waals surface area contributed by atoms with E-state index in [2.05, 4.69) is 10.3 Å². The van der Waals surface area contributed by atoms with Crippen molar-refractivity contribution < 1.29 is 33.1 Å². The molecule has 1 unspecified atom stereocenters. The van der Waals surface area contributed by atoms with Gasteiger partial charge >= 0.3 is 11.9 Å². The van der Waals surface area contributed by atoms with E-state index in [9.17, 15) is 19.2 Å². The Morgan fingerprint density at radius 1 is 1.03 bits per heavy atom. The molecule has 0 aliphatic heterocycles. The molecule has 0 aliphatic carbocycles. The lowest BCUT2D eigenvalue weighted by atomic mass is 10.1. The first-order valence-electron chi connectivity index (χ1n) is 9.71. The van der Waals surface area contributed by atoms with E-state index in [-0.39, 0.29) is 28.3 Å². The third-order valence-electron chi connectivity index (χ3n) is 4.87. The molecule has 0 fully saturated rings. The molecule has 0 saturated heterocycles. The minimum absolute atomic E-state index is 0.0710. The normalized spacial score (nSPS) is 11.5. The van der Waals surface area contributed by atoms with Gasteiger partial charge in [-0.1, -0.05) is 12.1 Å². The molecule has 0 bridgehead atoms. The number of nitrogens with one attached hydrogen (secondary N) is 2. The SMILES string of the molecule is COC(=O)c1c(C)[nH]c(C(=O)C(C)OC(=O)c2ccccc2NC(=O)c2ccco2)c1C. The molecule has 166 valence electrons. The van der Waals surface area contributed by atoms with Crippen LogP contribution < -0.4 is 5.32 Å². The molecule has 9 heteroatoms. The van der Waals surface area contributed by atoms with Gasteiger partial charge in [0.2, 0.25) is 5.78 Å². The lowest BCUT2D eigenvalue weighted by Crippen LogP contribution is -2.26. The van der Waals surface area contributed by atoms with Gasteiger partial charge in [-0.15, -0.1) is 0 Å². The van der Waals surface area contributed by atoms with Gasteiger partial charge in [-0.2, -0.15) is 0 Å². The predicted molar refractivity (Wildman–Crippen MR) is 114 cm³/mol. The number of furan rings is 1. The molecule has 1 amide bonds. The van der Waals surface area contributed by atoms with Gasteiger partial charge in [0.15, 0.2) is 11.9 Å². The third kappa shape index (κ3) is 4.46. The van der Waals surface area contributed by atoms with Crippen LogP contribution in [0.1, 0.15) is 59.9 Å². The van der Waals surface area contributed by atoms with E-state index in [1.54, 1.807) is 32.0 Å². The van der Waals surface area contributed by atoms with Crippen molar-refractivity contribution in [1.29, 1.82) is 0 Å². The summed E-state index contributed by atoms with van der Waals surface area (Å²) in [6.45, 7) is 4.68. The molecule has 3 rings (SSSR count). The van der Waals surface area contributed by atoms with Gasteiger partial charge in [0.1, 0.15) is 0 Å². The van der Waals surface area contributed by atoms with Crippen LogP contribution in [0.15, 0.2) is 47.1 Å². The maximum absolute atomic E-state index is 12.9. The van der Waals surface area contributed by atoms with Gasteiger partial charge in [-0.3, -0.25) is 9.59 Å². The maximum Gasteiger partial charge on any atom is 0.340 e. The summed E-state index contributed by atoms with van der Waals surface area (Å²) < 4.78 is 15.2. The van der Waals surface area contributed by atoms with Crippen molar-refractivity contribution in [2.24, 2.45) is 0 Å². The molecule has 32 heavy (non-hydrogen) atoms. The Bertz CT molecular complexity index is 1180. The number of aryl methyl sites for hydroxylation is 1. The average Bonchev–Trinajstić information content (AvgIpc) is 3.41. The maximum atomic E-state index is 12.9. The zero-order valence-electron chi connectivity index (χ0n) is 18.0. The van der Waals surface area contributed by atoms with Crippen LogP contribution in [0.4, 0.5) is 5.69 Å². The number of amides is 1. The first kappa shape index (κ1) is 22.5. The number of carbonyl (C=O) groups excluding carboxylic acids is 4. The van der Waals surface area contributed by atoms with Crippen LogP contribution >= 0.6 is 0 Å². The summed E-state index contributed by atoms with van der Waals surface area (Å²) in [6.07, 6.45) is 0.205. The number of ether oxygens (including phenoxy) is 2. The Labute approximate surface area is 183 Å². The summed E-state index contributed by atoms with van der Waals surface area (Å²) in [6, 6.07) is 9.30. The number of methoxy groups -OCH3 is 1. The number of H-pyrrole nitrogens is 1. The Morgan fingerprint density at radius 2 is 1.75 bits per heavy atom. The van der Waals surface area contributed by atoms with E-state index in [0.717, 1.165) is 0 Å². The monoisotopic (exact) mass is 438 g/mol. The number of anilines is 1. The minimum Gasteiger partial charge on any atom is -0.465 e. The Kier molecular flexibility index (Phi) is 6.58. The standard InChI is InChI=1S/C23H22N2O7/c1-12-18(23(29)30-4)13(2)24-19(12)20(26)14(3)32-22(28)15-8-5-6-9-16(15)25-21(27)17-10-7-11-31-17/h5-11,14,24H,1-4H3,(H,25,27). The largest absolute Gasteiger partial charge is 0.465 e. The number of Topliss-reactive ketones (excluding diaryl/α,β-unsaturated/α-hetero) is 1. The number of esters is 2. The molecule has 1 aromatic carbocycles. The smallest absolute Gasteiger partial charge is 0.340 e. The van der Waals surface area contributed by atoms with E-state index in [1.165, 1.54) is 38.5 Å². The van der Waals surface area contributed by atoms with Gasteiger partial charge in [-0.25, -0.2) is 9.59 Å². The van der Waals surface area contributed by atoms with Gasteiger partial charge in [-0.05, 0) is 50.6 Å². The van der Waals surface area contributed by atoms with Gasteiger partial charge in [0, 0.05) is 5.69 Å². The Balaban J connectivity index is 1.77. The van der Waals surface area contributed by atoms with Crippen molar-refractivity contribution in [3.05, 3.63) is 76.5 Å². The molecule has 2 N–H and O–H groups in total. The zero-order valence-corrected chi connectivity index (χ0v) is 18.0. The average molecular weight is 438 g/mol. The summed E-state index contributed by atoms with van der Waals surface area (Å²) in [5, 5.41) is 2.59. The van der Waals surface area contributed by atoms with E-state index in [4.69, 9.17) is 13.9 Å². The summed E-state index contributed by atoms with van der Waals surface area (Å²) >= 11 is 0. The van der Waals surface area contributed by atoms with Crippen molar-refractivity contribution >= 4 is 29.3 Å². The van der Waals surface area contributed by atoms with Gasteiger partial charge in [0.25, 0.3) is 5.91 Å². The molecule has 9 nitrogen and oxygen atoms in total. The van der Waals surface area contributed by atoms with E-state index < -0.39 is 29.7 Å².